The SMILES string of the molecule is CC#Cc1cc(-c2ncc(-c3cccc4c3CCC4NCCN3CCCCC3)s2)ccc1OC(C)C.CO. The fraction of sp³-hybridized carbons (Fsp3) is 0.469. The first kappa shape index (κ1) is 28.3. The van der Waals surface area contributed by atoms with Crippen molar-refractivity contribution in [3.8, 4) is 38.6 Å². The molecule has 6 heteroatoms. The summed E-state index contributed by atoms with van der Waals surface area (Å²) < 4.78 is 5.96. The third-order valence-corrected chi connectivity index (χ3v) is 8.24. The molecule has 1 aliphatic carbocycles. The number of piperidine rings is 1. The molecule has 0 saturated carbocycles. The van der Waals surface area contributed by atoms with Gasteiger partial charge < -0.3 is 20.1 Å². The second kappa shape index (κ2) is 13.9. The molecule has 202 valence electrons. The maximum Gasteiger partial charge on any atom is 0.135 e. The predicted octanol–water partition coefficient (Wildman–Crippen LogP) is 6.31. The predicted molar refractivity (Wildman–Crippen MR) is 159 cm³/mol. The third-order valence-electron chi connectivity index (χ3n) is 7.16. The summed E-state index contributed by atoms with van der Waals surface area (Å²) in [6.45, 7) is 10.7. The highest BCUT2D eigenvalue weighted by Gasteiger charge is 2.25. The first-order valence-electron chi connectivity index (χ1n) is 13.8. The lowest BCUT2D eigenvalue weighted by molar-refractivity contribution is 0.226. The van der Waals surface area contributed by atoms with Crippen LogP contribution < -0.4 is 10.1 Å². The molecule has 0 radical (unpaired) electrons. The molecule has 2 aliphatic rings. The van der Waals surface area contributed by atoms with E-state index in [0.717, 1.165) is 48.5 Å². The van der Waals surface area contributed by atoms with E-state index in [1.807, 2.05) is 33.0 Å². The number of ether oxygens (including phenoxy) is 1. The van der Waals surface area contributed by atoms with Crippen LogP contribution in [0.3, 0.4) is 0 Å². The van der Waals surface area contributed by atoms with E-state index in [1.54, 1.807) is 11.3 Å². The zero-order valence-electron chi connectivity index (χ0n) is 23.2. The molecule has 5 rings (SSSR count). The highest BCUT2D eigenvalue weighted by molar-refractivity contribution is 7.18. The molecule has 1 unspecified atom stereocenters. The molecule has 0 bridgehead atoms. The first-order valence-corrected chi connectivity index (χ1v) is 14.7. The number of nitrogens with zero attached hydrogens (tertiary/aromatic N) is 2. The molecule has 1 aliphatic heterocycles. The molecule has 38 heavy (non-hydrogen) atoms. The number of aromatic nitrogens is 1. The number of likely N-dealkylation sites (tertiary alicyclic amines) is 1. The van der Waals surface area contributed by atoms with Crippen LogP contribution in [0.5, 0.6) is 5.75 Å². The average molecular weight is 532 g/mol. The highest BCUT2D eigenvalue weighted by atomic mass is 32.1. The summed E-state index contributed by atoms with van der Waals surface area (Å²) in [4.78, 5) is 8.66. The Kier molecular flexibility index (Phi) is 10.4. The Morgan fingerprint density at radius 3 is 2.74 bits per heavy atom. The lowest BCUT2D eigenvalue weighted by atomic mass is 10.0. The van der Waals surface area contributed by atoms with Gasteiger partial charge in [-0.05, 0) is 94.4 Å². The van der Waals surface area contributed by atoms with Crippen LogP contribution in [-0.4, -0.2) is 54.4 Å². The summed E-state index contributed by atoms with van der Waals surface area (Å²) in [6, 6.07) is 13.5. The number of rotatable bonds is 8. The van der Waals surface area contributed by atoms with Gasteiger partial charge in [-0.2, -0.15) is 0 Å². The van der Waals surface area contributed by atoms with Crippen LogP contribution in [0.1, 0.15) is 69.2 Å². The molecule has 1 atom stereocenters. The van der Waals surface area contributed by atoms with Crippen molar-refractivity contribution in [3.63, 3.8) is 0 Å². The molecule has 1 saturated heterocycles. The quantitative estimate of drug-likeness (QED) is 0.334. The summed E-state index contributed by atoms with van der Waals surface area (Å²) >= 11 is 1.76. The Morgan fingerprint density at radius 1 is 1.16 bits per heavy atom. The molecule has 5 nitrogen and oxygen atoms in total. The highest BCUT2D eigenvalue weighted by Crippen LogP contribution is 2.41. The Balaban J connectivity index is 0.00000164. The Morgan fingerprint density at radius 2 is 1.97 bits per heavy atom. The lowest BCUT2D eigenvalue weighted by Gasteiger charge is -2.27. The van der Waals surface area contributed by atoms with E-state index in [-0.39, 0.29) is 6.10 Å². The van der Waals surface area contributed by atoms with E-state index in [1.165, 1.54) is 60.3 Å². The summed E-state index contributed by atoms with van der Waals surface area (Å²) in [5.41, 5.74) is 6.30. The second-order valence-corrected chi connectivity index (χ2v) is 11.1. The molecule has 0 amide bonds. The Bertz CT molecular complexity index is 1250. The molecule has 3 aromatic rings. The van der Waals surface area contributed by atoms with Crippen molar-refractivity contribution >= 4 is 11.3 Å². The summed E-state index contributed by atoms with van der Waals surface area (Å²) in [6.07, 6.45) is 8.56. The van der Waals surface area contributed by atoms with Crippen LogP contribution in [0.4, 0.5) is 0 Å². The minimum atomic E-state index is 0.114. The van der Waals surface area contributed by atoms with Crippen molar-refractivity contribution in [3.05, 3.63) is 59.3 Å². The second-order valence-electron chi connectivity index (χ2n) is 10.1. The van der Waals surface area contributed by atoms with Gasteiger partial charge in [0.05, 0.1) is 16.5 Å². The van der Waals surface area contributed by atoms with E-state index in [0.29, 0.717) is 6.04 Å². The Hall–Kier alpha value is -2.69. The maximum absolute atomic E-state index is 7.00. The molecule has 1 aromatic heterocycles. The standard InChI is InChI=1S/C31H37N3OS.CH4O/c1-4-9-23-20-24(12-15-29(23)35-22(2)3)31-33-21-30(36-31)27-11-8-10-26-25(27)13-14-28(26)32-16-19-34-17-6-5-7-18-34;1-2/h8,10-12,15,20-22,28,32H,5-7,13-14,16-19H2,1-3H3;2H,1H3. The number of aliphatic hydroxyl groups is 1. The van der Waals surface area contributed by atoms with E-state index >= 15 is 0 Å². The zero-order valence-corrected chi connectivity index (χ0v) is 24.0. The monoisotopic (exact) mass is 531 g/mol. The van der Waals surface area contributed by atoms with Crippen molar-refractivity contribution in [2.24, 2.45) is 0 Å². The summed E-state index contributed by atoms with van der Waals surface area (Å²) in [5, 5.41) is 11.9. The third kappa shape index (κ3) is 6.84. The van der Waals surface area contributed by atoms with Crippen molar-refractivity contribution in [2.45, 2.75) is 65.0 Å². The minimum Gasteiger partial charge on any atom is -0.490 e. The molecular formula is C32H41N3O2S. The van der Waals surface area contributed by atoms with E-state index in [2.05, 4.69) is 52.4 Å². The fourth-order valence-corrected chi connectivity index (χ4v) is 6.43. The first-order chi connectivity index (χ1) is 18.6. The molecule has 1 fully saturated rings. The molecule has 0 spiro atoms. The summed E-state index contributed by atoms with van der Waals surface area (Å²) in [7, 11) is 1.00. The fourth-order valence-electron chi connectivity index (χ4n) is 5.46. The number of hydrogen-bond acceptors (Lipinski definition) is 6. The van der Waals surface area contributed by atoms with Crippen LogP contribution in [0.2, 0.25) is 0 Å². The van der Waals surface area contributed by atoms with Gasteiger partial charge in [0, 0.05) is 38.0 Å². The van der Waals surface area contributed by atoms with Crippen LogP contribution in [0.15, 0.2) is 42.6 Å². The van der Waals surface area contributed by atoms with Crippen molar-refractivity contribution in [1.29, 1.82) is 0 Å². The normalized spacial score (nSPS) is 16.8. The topological polar surface area (TPSA) is 57.6 Å². The van der Waals surface area contributed by atoms with E-state index in [4.69, 9.17) is 14.8 Å². The number of hydrogen-bond donors (Lipinski definition) is 2. The van der Waals surface area contributed by atoms with Gasteiger partial charge in [0.1, 0.15) is 10.8 Å². The number of nitrogens with one attached hydrogen (secondary N) is 1. The van der Waals surface area contributed by atoms with Gasteiger partial charge in [-0.15, -0.1) is 17.3 Å². The van der Waals surface area contributed by atoms with Crippen molar-refractivity contribution in [2.75, 3.05) is 33.3 Å². The molecular weight excluding hydrogens is 490 g/mol. The van der Waals surface area contributed by atoms with Crippen molar-refractivity contribution in [1.82, 2.24) is 15.2 Å². The zero-order chi connectivity index (χ0) is 26.9. The number of thiazole rings is 1. The van der Waals surface area contributed by atoms with Crippen LogP contribution >= 0.6 is 11.3 Å². The molecule has 2 aromatic carbocycles. The van der Waals surface area contributed by atoms with Crippen molar-refractivity contribution < 1.29 is 9.84 Å². The average Bonchev–Trinajstić information content (AvgIpc) is 3.59. The van der Waals surface area contributed by atoms with Crippen LogP contribution in [0.25, 0.3) is 21.0 Å². The minimum absolute atomic E-state index is 0.114. The number of benzene rings is 2. The molecule has 2 heterocycles. The maximum atomic E-state index is 7.00. The molecule has 2 N–H and O–H groups in total. The van der Waals surface area contributed by atoms with Gasteiger partial charge in [0.15, 0.2) is 0 Å². The number of fused-ring (bicyclic) bond motifs is 1. The smallest absolute Gasteiger partial charge is 0.135 e. The van der Waals surface area contributed by atoms with Gasteiger partial charge >= 0.3 is 0 Å². The van der Waals surface area contributed by atoms with Gasteiger partial charge in [0.25, 0.3) is 0 Å². The van der Waals surface area contributed by atoms with Crippen LogP contribution in [-0.2, 0) is 6.42 Å². The lowest BCUT2D eigenvalue weighted by Crippen LogP contribution is -2.36. The van der Waals surface area contributed by atoms with Gasteiger partial charge in [-0.3, -0.25) is 0 Å². The van der Waals surface area contributed by atoms with Gasteiger partial charge in [-0.25, -0.2) is 4.98 Å². The van der Waals surface area contributed by atoms with Gasteiger partial charge in [-0.1, -0.05) is 30.5 Å². The van der Waals surface area contributed by atoms with E-state index in [9.17, 15) is 0 Å². The summed E-state index contributed by atoms with van der Waals surface area (Å²) in [5.74, 6) is 7.05. The van der Waals surface area contributed by atoms with Crippen LogP contribution in [0, 0.1) is 11.8 Å². The Labute approximate surface area is 232 Å². The van der Waals surface area contributed by atoms with Gasteiger partial charge in [0.2, 0.25) is 0 Å². The van der Waals surface area contributed by atoms with E-state index < -0.39 is 0 Å². The largest absolute Gasteiger partial charge is 0.490 e. The number of aliphatic hydroxyl groups excluding tert-OH is 1.